The van der Waals surface area contributed by atoms with Gasteiger partial charge in [0.1, 0.15) is 11.5 Å². The van der Waals surface area contributed by atoms with E-state index in [2.05, 4.69) is 70.3 Å². The van der Waals surface area contributed by atoms with Crippen LogP contribution in [-0.2, 0) is 36.7 Å². The van der Waals surface area contributed by atoms with Crippen molar-refractivity contribution in [2.24, 2.45) is 5.92 Å². The molecule has 0 amide bonds. The van der Waals surface area contributed by atoms with Crippen LogP contribution in [0, 0.1) is 5.92 Å². The molecule has 0 saturated heterocycles. The molecule has 224 valence electrons. The van der Waals surface area contributed by atoms with Gasteiger partial charge in [0.15, 0.2) is 8.32 Å². The first-order valence-corrected chi connectivity index (χ1v) is 17.6. The third-order valence-corrected chi connectivity index (χ3v) is 13.0. The summed E-state index contributed by atoms with van der Waals surface area (Å²) in [7, 11) is 0.995. The molecule has 0 N–H and O–H groups in total. The summed E-state index contributed by atoms with van der Waals surface area (Å²) < 4.78 is 22.8. The number of ether oxygens (including phenoxy) is 3. The highest BCUT2D eigenvalue weighted by atomic mass is 28.4. The molecule has 2 aromatic carbocycles. The van der Waals surface area contributed by atoms with Crippen molar-refractivity contribution < 1.29 is 28.2 Å². The minimum absolute atomic E-state index is 0.00520. The number of unbranched alkanes of at least 4 members (excludes halogenated alkanes) is 1. The number of methoxy groups -OCH3 is 2. The van der Waals surface area contributed by atoms with E-state index in [-0.39, 0.29) is 34.7 Å². The van der Waals surface area contributed by atoms with Crippen LogP contribution in [0.3, 0.4) is 0 Å². The highest BCUT2D eigenvalue weighted by molar-refractivity contribution is 6.74. The second kappa shape index (κ2) is 14.9. The molecule has 1 aliphatic carbocycles. The summed E-state index contributed by atoms with van der Waals surface area (Å²) in [5, 5.41) is 0.0588. The van der Waals surface area contributed by atoms with Crippen LogP contribution in [0.25, 0.3) is 0 Å². The lowest BCUT2D eigenvalue weighted by molar-refractivity contribution is -0.140. The van der Waals surface area contributed by atoms with E-state index in [0.29, 0.717) is 32.5 Å². The highest BCUT2D eigenvalue weighted by Gasteiger charge is 2.48. The lowest BCUT2D eigenvalue weighted by Gasteiger charge is -2.40. The fourth-order valence-corrected chi connectivity index (χ4v) is 6.34. The summed E-state index contributed by atoms with van der Waals surface area (Å²) in [6.07, 6.45) is 7.11. The number of hydrogen-bond donors (Lipinski definition) is 0. The Morgan fingerprint density at radius 2 is 1.56 bits per heavy atom. The molecule has 3 atom stereocenters. The summed E-state index contributed by atoms with van der Waals surface area (Å²) >= 11 is 0. The van der Waals surface area contributed by atoms with Crippen LogP contribution in [-0.4, -0.2) is 40.4 Å². The topological polar surface area (TPSA) is 71.1 Å². The normalized spacial score (nSPS) is 19.6. The van der Waals surface area contributed by atoms with Crippen LogP contribution in [0.4, 0.5) is 0 Å². The van der Waals surface area contributed by atoms with Crippen molar-refractivity contribution in [2.75, 3.05) is 14.2 Å². The van der Waals surface area contributed by atoms with Crippen LogP contribution < -0.4 is 4.74 Å². The molecule has 3 rings (SSSR count). The maximum Gasteiger partial charge on any atom is 0.305 e. The molecule has 0 radical (unpaired) electrons. The summed E-state index contributed by atoms with van der Waals surface area (Å²) in [6.45, 7) is 12.3. The standard InChI is InChI=1S/C34H48O6Si/c1-34(2,3)41(6,7)40-31-22-30(35)29(12-10-8-9-11-13-32(36)38-5)33(31)27-18-14-25(15-19-27)23-39-24-26-16-20-28(37-4)21-17-26/h8,10,14-21,29,31,33H,9,11-13,22-24H2,1-7H3/b10-8-/t29-,31+,33+/m0/s1. The van der Waals surface area contributed by atoms with Crippen molar-refractivity contribution in [3.63, 3.8) is 0 Å². The van der Waals surface area contributed by atoms with E-state index in [1.165, 1.54) is 7.11 Å². The molecule has 1 aliphatic rings. The number of benzene rings is 2. The molecule has 0 bridgehead atoms. The number of esters is 1. The van der Waals surface area contributed by atoms with Gasteiger partial charge in [-0.15, -0.1) is 0 Å². The molecule has 41 heavy (non-hydrogen) atoms. The molecule has 0 unspecified atom stereocenters. The van der Waals surface area contributed by atoms with Gasteiger partial charge in [-0.1, -0.05) is 69.3 Å². The minimum Gasteiger partial charge on any atom is -0.497 e. The smallest absolute Gasteiger partial charge is 0.305 e. The predicted octanol–water partition coefficient (Wildman–Crippen LogP) is 7.76. The fraction of sp³-hybridized carbons (Fsp3) is 0.529. The van der Waals surface area contributed by atoms with E-state index in [0.717, 1.165) is 35.3 Å². The van der Waals surface area contributed by atoms with Crippen LogP contribution >= 0.6 is 0 Å². The van der Waals surface area contributed by atoms with Gasteiger partial charge in [-0.3, -0.25) is 9.59 Å². The number of carbonyl (C=O) groups is 2. The van der Waals surface area contributed by atoms with Crippen molar-refractivity contribution in [1.29, 1.82) is 0 Å². The van der Waals surface area contributed by atoms with Crippen LogP contribution in [0.5, 0.6) is 5.75 Å². The Balaban J connectivity index is 1.70. The lowest BCUT2D eigenvalue weighted by atomic mass is 9.85. The van der Waals surface area contributed by atoms with Gasteiger partial charge in [-0.25, -0.2) is 0 Å². The monoisotopic (exact) mass is 580 g/mol. The number of allylic oxidation sites excluding steroid dienone is 2. The van der Waals surface area contributed by atoms with Crippen molar-refractivity contribution in [3.05, 3.63) is 77.4 Å². The maximum absolute atomic E-state index is 13.3. The zero-order chi connectivity index (χ0) is 30.0. The molecule has 7 heteroatoms. The van der Waals surface area contributed by atoms with E-state index in [9.17, 15) is 9.59 Å². The van der Waals surface area contributed by atoms with E-state index in [1.54, 1.807) is 7.11 Å². The number of hydrogen-bond acceptors (Lipinski definition) is 6. The van der Waals surface area contributed by atoms with Crippen LogP contribution in [0.1, 0.15) is 75.5 Å². The Hall–Kier alpha value is -2.74. The summed E-state index contributed by atoms with van der Waals surface area (Å²) in [6, 6.07) is 16.4. The van der Waals surface area contributed by atoms with Gasteiger partial charge in [-0.2, -0.15) is 0 Å². The van der Waals surface area contributed by atoms with Crippen molar-refractivity contribution >= 4 is 20.1 Å². The van der Waals surface area contributed by atoms with Crippen LogP contribution in [0.2, 0.25) is 18.1 Å². The van der Waals surface area contributed by atoms with Gasteiger partial charge in [0, 0.05) is 24.7 Å². The van der Waals surface area contributed by atoms with Gasteiger partial charge >= 0.3 is 5.97 Å². The second-order valence-electron chi connectivity index (χ2n) is 12.5. The van der Waals surface area contributed by atoms with Crippen molar-refractivity contribution in [1.82, 2.24) is 0 Å². The van der Waals surface area contributed by atoms with Crippen LogP contribution in [0.15, 0.2) is 60.7 Å². The SMILES string of the molecule is COC(=O)CCC/C=C\C[C@H]1C(=O)C[C@@H](O[Si](C)(C)C(C)(C)C)[C@@H]1c1ccc(COCc2ccc(OC)cc2)cc1. The number of ketones is 1. The Morgan fingerprint density at radius 3 is 2.12 bits per heavy atom. The van der Waals surface area contributed by atoms with E-state index < -0.39 is 8.32 Å². The quantitative estimate of drug-likeness (QED) is 0.0984. The Labute approximate surface area is 247 Å². The highest BCUT2D eigenvalue weighted by Crippen LogP contribution is 2.46. The third kappa shape index (κ3) is 9.38. The molecule has 0 aromatic heterocycles. The van der Waals surface area contributed by atoms with Gasteiger partial charge in [0.05, 0.1) is 33.5 Å². The van der Waals surface area contributed by atoms with E-state index >= 15 is 0 Å². The molecule has 0 aliphatic heterocycles. The summed E-state index contributed by atoms with van der Waals surface area (Å²) in [4.78, 5) is 24.7. The predicted molar refractivity (Wildman–Crippen MR) is 165 cm³/mol. The first-order valence-electron chi connectivity index (χ1n) is 14.7. The Kier molecular flexibility index (Phi) is 11.9. The lowest BCUT2D eigenvalue weighted by Crippen LogP contribution is -2.44. The molecule has 2 aromatic rings. The number of carbonyl (C=O) groups excluding carboxylic acids is 2. The molecular formula is C34H48O6Si. The third-order valence-electron chi connectivity index (χ3n) is 8.50. The summed E-state index contributed by atoms with van der Waals surface area (Å²) in [5.41, 5.74) is 3.33. The molecule has 1 fully saturated rings. The number of Topliss-reactive ketones (excluding diaryl/α,β-unsaturated/α-hetero) is 1. The Bertz CT molecular complexity index is 1150. The second-order valence-corrected chi connectivity index (χ2v) is 17.2. The first-order chi connectivity index (χ1) is 19.4. The maximum atomic E-state index is 13.3. The largest absolute Gasteiger partial charge is 0.497 e. The Morgan fingerprint density at radius 1 is 0.951 bits per heavy atom. The summed E-state index contributed by atoms with van der Waals surface area (Å²) in [5.74, 6) is 0.789. The number of rotatable bonds is 14. The molecule has 0 heterocycles. The van der Waals surface area contributed by atoms with Gasteiger partial charge in [0.2, 0.25) is 0 Å². The fourth-order valence-electron chi connectivity index (χ4n) is 5.00. The van der Waals surface area contributed by atoms with E-state index in [1.807, 2.05) is 24.3 Å². The van der Waals surface area contributed by atoms with Crippen molar-refractivity contribution in [2.45, 2.75) is 96.2 Å². The molecular weight excluding hydrogens is 532 g/mol. The van der Waals surface area contributed by atoms with Crippen molar-refractivity contribution in [3.8, 4) is 5.75 Å². The molecule has 6 nitrogen and oxygen atoms in total. The van der Waals surface area contributed by atoms with Gasteiger partial charge < -0.3 is 18.6 Å². The van der Waals surface area contributed by atoms with Gasteiger partial charge in [0.25, 0.3) is 0 Å². The average Bonchev–Trinajstić information content (AvgIpc) is 3.24. The molecule has 1 saturated carbocycles. The zero-order valence-electron chi connectivity index (χ0n) is 25.9. The zero-order valence-corrected chi connectivity index (χ0v) is 26.9. The van der Waals surface area contributed by atoms with E-state index in [4.69, 9.17) is 18.6 Å². The average molecular weight is 581 g/mol. The van der Waals surface area contributed by atoms with Gasteiger partial charge in [-0.05, 0) is 66.2 Å². The minimum atomic E-state index is -2.08. The molecule has 0 spiro atoms. The first kappa shape index (κ1) is 32.8.